The van der Waals surface area contributed by atoms with Crippen LogP contribution in [0.5, 0.6) is 0 Å². The molecule has 7 rings (SSSR count). The Morgan fingerprint density at radius 2 is 1.47 bits per heavy atom. The number of ether oxygens (including phenoxy) is 5. The smallest absolute Gasteiger partial charge is 0.338 e. The van der Waals surface area contributed by atoms with Crippen LogP contribution in [0.1, 0.15) is 90.7 Å². The molecule has 1 saturated heterocycles. The van der Waals surface area contributed by atoms with Crippen LogP contribution in [-0.2, 0) is 42.9 Å². The second-order valence-electron chi connectivity index (χ2n) is 17.1. The first-order chi connectivity index (χ1) is 30.5. The van der Waals surface area contributed by atoms with Gasteiger partial charge in [0.2, 0.25) is 0 Å². The van der Waals surface area contributed by atoms with E-state index in [0.717, 1.165) is 6.92 Å². The van der Waals surface area contributed by atoms with E-state index >= 15 is 4.79 Å². The zero-order valence-electron chi connectivity index (χ0n) is 37.7. The summed E-state index contributed by atoms with van der Waals surface area (Å²) in [5.41, 5.74) is -8.31. The number of nitrogens with one attached hydrogen (secondary N) is 1. The Hall–Kier alpha value is -5.74. The first-order valence-corrected chi connectivity index (χ1v) is 20.2. The summed E-state index contributed by atoms with van der Waals surface area (Å²) in [5, 5.41) is 40.3. The summed E-state index contributed by atoms with van der Waals surface area (Å²) in [5.74, 6) is -8.46. The van der Waals surface area contributed by atoms with E-state index in [9.17, 15) is 39.3 Å². The minimum atomic E-state index is -3.43. The molecule has 3 aliphatic carbocycles. The van der Waals surface area contributed by atoms with Crippen LogP contribution in [0.2, 0.25) is 0 Å². The third kappa shape index (κ3) is 7.29. The van der Waals surface area contributed by atoms with Gasteiger partial charge < -0.3 is 44.3 Å². The molecule has 62 heavy (non-hydrogen) atoms. The molecule has 0 radical (unpaired) electrons. The molecular weight excluding hydrogens is 803 g/mol. The van der Waals surface area contributed by atoms with E-state index in [4.69, 9.17) is 27.8 Å². The SMILES string of the molecule is [2H]C([2H])([2H])C(=O)O[C@H]1C(=O)[C@@]2(C)[C@H]([C@H](OC(=O)c3ccccc3)[C@]3(O)C[C@H](OC(=O)[C@H](O)[C@@H](NC(=O)c4ccccc4)c4ccccc4)C(C)=C1C3(C)C)[C@]1(OC(C)=O)CO[C@@H]1C[C@@H]2O. The first kappa shape index (κ1) is 40.3. The summed E-state index contributed by atoms with van der Waals surface area (Å²) < 4.78 is 53.6. The zero-order chi connectivity index (χ0) is 47.4. The van der Waals surface area contributed by atoms with Gasteiger partial charge in [0, 0.05) is 41.7 Å². The van der Waals surface area contributed by atoms with E-state index < -0.39 is 126 Å². The predicted octanol–water partition coefficient (Wildman–Crippen LogP) is 3.74. The number of carbonyl (C=O) groups excluding carboxylic acids is 6. The Morgan fingerprint density at radius 3 is 2.03 bits per heavy atom. The number of aliphatic hydroxyl groups is 3. The van der Waals surface area contributed by atoms with E-state index in [1.54, 1.807) is 66.7 Å². The largest absolute Gasteiger partial charge is 0.456 e. The number of Topliss-reactive ketones (excluding diaryl/α,β-unsaturated/α-hetero) is 1. The molecule has 4 aliphatic rings. The summed E-state index contributed by atoms with van der Waals surface area (Å²) in [6, 6.07) is 22.3. The lowest BCUT2D eigenvalue weighted by Gasteiger charge is -2.67. The first-order valence-electron chi connectivity index (χ1n) is 21.7. The highest BCUT2D eigenvalue weighted by Gasteiger charge is 2.78. The number of amides is 1. The van der Waals surface area contributed by atoms with Gasteiger partial charge in [0.15, 0.2) is 23.6 Å². The molecule has 3 aromatic carbocycles. The number of ketones is 1. The average molecular weight is 857 g/mol. The fourth-order valence-corrected chi connectivity index (χ4v) is 10.1. The summed E-state index contributed by atoms with van der Waals surface area (Å²) >= 11 is 0. The molecular formula is C47H51NO14. The molecule has 1 aliphatic heterocycles. The molecule has 1 amide bonds. The second-order valence-corrected chi connectivity index (χ2v) is 17.1. The third-order valence-electron chi connectivity index (χ3n) is 13.4. The van der Waals surface area contributed by atoms with E-state index in [2.05, 4.69) is 5.32 Å². The lowest BCUT2D eigenvalue weighted by atomic mass is 9.44. The fraction of sp³-hybridized carbons (Fsp3) is 0.447. The van der Waals surface area contributed by atoms with E-state index in [-0.39, 0.29) is 28.7 Å². The quantitative estimate of drug-likeness (QED) is 0.130. The van der Waals surface area contributed by atoms with Gasteiger partial charge in [0.05, 0.1) is 35.6 Å². The molecule has 3 aromatic rings. The third-order valence-corrected chi connectivity index (χ3v) is 13.4. The van der Waals surface area contributed by atoms with Crippen molar-refractivity contribution in [2.75, 3.05) is 6.61 Å². The second kappa shape index (κ2) is 16.5. The van der Waals surface area contributed by atoms with Crippen molar-refractivity contribution in [3.8, 4) is 0 Å². The predicted molar refractivity (Wildman–Crippen MR) is 218 cm³/mol. The molecule has 15 heteroatoms. The Bertz CT molecular complexity index is 2390. The molecule has 4 N–H and O–H groups in total. The van der Waals surface area contributed by atoms with Gasteiger partial charge in [-0.3, -0.25) is 19.2 Å². The van der Waals surface area contributed by atoms with Gasteiger partial charge in [-0.15, -0.1) is 0 Å². The standard InChI is InChI=1S/C47H51NO14/c1-25-31(60-43(56)36(52)35(28-16-10-7-11-17-28)48-41(54)29-18-12-8-13-19-29)23-47(57)40(61-42(55)30-20-14-9-15-21-30)38-45(6,32(51)22-33-46(38,24-58-33)62-27(3)50)39(53)37(59-26(2)49)34(25)44(47,4)5/h7-21,31-33,35-38,40,51-52,57H,22-24H2,1-6H3,(H,48,54)/t31-,32-,33+,35-,36+,37+,38-,40-,45+,46-,47+/m0/s1/i2D3. The maximum Gasteiger partial charge on any atom is 0.338 e. The number of aliphatic hydroxyl groups excluding tert-OH is 2. The maximum absolute atomic E-state index is 15.6. The molecule has 15 nitrogen and oxygen atoms in total. The number of carbonyl (C=O) groups is 6. The molecule has 2 bridgehead atoms. The highest BCUT2D eigenvalue weighted by atomic mass is 16.6. The normalized spacial score (nSPS) is 32.8. The van der Waals surface area contributed by atoms with Crippen LogP contribution in [0.3, 0.4) is 0 Å². The van der Waals surface area contributed by atoms with Gasteiger partial charge in [0.25, 0.3) is 5.91 Å². The summed E-state index contributed by atoms with van der Waals surface area (Å²) in [7, 11) is 0. The van der Waals surface area contributed by atoms with Crippen LogP contribution < -0.4 is 5.32 Å². The topological polar surface area (TPSA) is 221 Å². The van der Waals surface area contributed by atoms with Crippen molar-refractivity contribution >= 4 is 35.6 Å². The van der Waals surface area contributed by atoms with E-state index in [0.29, 0.717) is 5.56 Å². The molecule has 2 saturated carbocycles. The number of rotatable bonds is 10. The van der Waals surface area contributed by atoms with E-state index in [1.807, 2.05) is 0 Å². The van der Waals surface area contributed by atoms with Gasteiger partial charge in [-0.05, 0) is 54.8 Å². The van der Waals surface area contributed by atoms with Gasteiger partial charge >= 0.3 is 23.9 Å². The molecule has 0 unspecified atom stereocenters. The van der Waals surface area contributed by atoms with Crippen LogP contribution in [0.25, 0.3) is 0 Å². The number of hydrogen-bond acceptors (Lipinski definition) is 14. The average Bonchev–Trinajstić information content (AvgIpc) is 3.26. The highest BCUT2D eigenvalue weighted by molar-refractivity contribution is 5.96. The number of hydrogen-bond donors (Lipinski definition) is 4. The van der Waals surface area contributed by atoms with Gasteiger partial charge in [0.1, 0.15) is 23.9 Å². The number of esters is 4. The van der Waals surface area contributed by atoms with Crippen LogP contribution in [-0.4, -0.2) is 105 Å². The summed E-state index contributed by atoms with van der Waals surface area (Å²) in [6.45, 7) is 2.81. The summed E-state index contributed by atoms with van der Waals surface area (Å²) in [4.78, 5) is 84.2. The van der Waals surface area contributed by atoms with Crippen LogP contribution in [0, 0.1) is 16.7 Å². The Labute approximate surface area is 362 Å². The van der Waals surface area contributed by atoms with Gasteiger partial charge in [-0.1, -0.05) is 80.6 Å². The highest BCUT2D eigenvalue weighted by Crippen LogP contribution is 2.64. The lowest BCUT2D eigenvalue weighted by molar-refractivity contribution is -0.346. The zero-order valence-corrected chi connectivity index (χ0v) is 34.7. The lowest BCUT2D eigenvalue weighted by Crippen LogP contribution is -2.82. The Kier molecular flexibility index (Phi) is 10.7. The van der Waals surface area contributed by atoms with Crippen LogP contribution >= 0.6 is 0 Å². The fourth-order valence-electron chi connectivity index (χ4n) is 10.1. The van der Waals surface area contributed by atoms with Crippen molar-refractivity contribution in [2.45, 2.75) is 108 Å². The van der Waals surface area contributed by atoms with E-state index in [1.165, 1.54) is 52.0 Å². The molecule has 11 atom stereocenters. The number of benzene rings is 3. The monoisotopic (exact) mass is 856 g/mol. The van der Waals surface area contributed by atoms with Crippen LogP contribution in [0.15, 0.2) is 102 Å². The van der Waals surface area contributed by atoms with Crippen molar-refractivity contribution in [1.82, 2.24) is 5.32 Å². The molecule has 3 fully saturated rings. The molecule has 0 aromatic heterocycles. The maximum atomic E-state index is 15.6. The van der Waals surface area contributed by atoms with Crippen molar-refractivity contribution in [1.29, 1.82) is 0 Å². The van der Waals surface area contributed by atoms with Crippen molar-refractivity contribution in [2.24, 2.45) is 16.7 Å². The minimum Gasteiger partial charge on any atom is -0.456 e. The van der Waals surface area contributed by atoms with Gasteiger partial charge in [-0.25, -0.2) is 9.59 Å². The minimum absolute atomic E-state index is 0.00569. The Morgan fingerprint density at radius 1 is 0.871 bits per heavy atom. The molecule has 1 heterocycles. The molecule has 0 spiro atoms. The van der Waals surface area contributed by atoms with Crippen molar-refractivity contribution in [3.63, 3.8) is 0 Å². The Balaban J connectivity index is 1.41. The van der Waals surface area contributed by atoms with Gasteiger partial charge in [-0.2, -0.15) is 0 Å². The molecule has 328 valence electrons. The van der Waals surface area contributed by atoms with Crippen molar-refractivity contribution in [3.05, 3.63) is 119 Å². The van der Waals surface area contributed by atoms with Crippen LogP contribution in [0.4, 0.5) is 0 Å². The summed E-state index contributed by atoms with van der Waals surface area (Å²) in [6.07, 6.45) is -11.8. The van der Waals surface area contributed by atoms with Crippen molar-refractivity contribution < 1.29 is 71.9 Å². The number of fused-ring (bicyclic) bond motifs is 5.